The van der Waals surface area contributed by atoms with Gasteiger partial charge >= 0.3 is 5.97 Å². The Morgan fingerprint density at radius 3 is 2.65 bits per heavy atom. The van der Waals surface area contributed by atoms with Gasteiger partial charge in [-0.1, -0.05) is 31.2 Å². The molecule has 2 aromatic rings. The van der Waals surface area contributed by atoms with Crippen molar-refractivity contribution in [2.24, 2.45) is 0 Å². The Balaban J connectivity index is 0.00000147. The number of fused-ring (bicyclic) bond motifs is 2. The van der Waals surface area contributed by atoms with Gasteiger partial charge in [-0.05, 0) is 29.7 Å². The fourth-order valence-corrected chi connectivity index (χ4v) is 2.57. The summed E-state index contributed by atoms with van der Waals surface area (Å²) in [4.78, 5) is 11.5. The van der Waals surface area contributed by atoms with Crippen molar-refractivity contribution < 1.29 is 14.6 Å². The molecule has 2 aromatic carbocycles. The number of rotatable bonds is 2. The molecule has 0 unspecified atom stereocenters. The van der Waals surface area contributed by atoms with Crippen LogP contribution in [-0.4, -0.2) is 35.5 Å². The average Bonchev–Trinajstić information content (AvgIpc) is 2.43. The van der Waals surface area contributed by atoms with Crippen molar-refractivity contribution in [1.82, 2.24) is 0 Å². The van der Waals surface area contributed by atoms with Crippen LogP contribution in [0.1, 0.15) is 34.0 Å². The van der Waals surface area contributed by atoms with Crippen LogP contribution in [0.15, 0.2) is 36.4 Å². The van der Waals surface area contributed by atoms with Crippen LogP contribution in [0.4, 0.5) is 0 Å². The molecule has 4 heteroatoms. The molecule has 0 atom stereocenters. The predicted octanol–water partition coefficient (Wildman–Crippen LogP) is 3.26. The molecule has 0 saturated heterocycles. The fraction of sp³-hybridized carbons (Fsp3) is 0.188. The number of carboxylic acid groups (broad SMARTS) is 1. The summed E-state index contributed by atoms with van der Waals surface area (Å²) in [5, 5.41) is 9.45. The summed E-state index contributed by atoms with van der Waals surface area (Å²) < 4.78 is 5.80. The summed E-state index contributed by atoms with van der Waals surface area (Å²) in [5.74, 6) is 0.598. The molecular weight excluding hydrogens is 362 g/mol. The molecule has 3 rings (SSSR count). The number of benzene rings is 2. The van der Waals surface area contributed by atoms with E-state index in [1.54, 1.807) is 0 Å². The van der Waals surface area contributed by atoms with E-state index < -0.39 is 5.97 Å². The number of para-hydroxylation sites is 1. The van der Waals surface area contributed by atoms with Crippen molar-refractivity contribution in [3.8, 4) is 11.5 Å². The summed E-state index contributed by atoms with van der Waals surface area (Å²) in [6.45, 7) is 1.96. The third-order valence-corrected chi connectivity index (χ3v) is 3.51. The second kappa shape index (κ2) is 5.88. The minimum Gasteiger partial charge on any atom is -0.478 e. The van der Waals surface area contributed by atoms with Gasteiger partial charge in [-0.3, -0.25) is 0 Å². The van der Waals surface area contributed by atoms with Gasteiger partial charge in [0, 0.05) is 36.4 Å². The van der Waals surface area contributed by atoms with Crippen LogP contribution in [-0.2, 0) is 12.8 Å². The van der Waals surface area contributed by atoms with Crippen LogP contribution in [0.3, 0.4) is 0 Å². The van der Waals surface area contributed by atoms with Crippen molar-refractivity contribution in [2.75, 3.05) is 0 Å². The number of aromatic carboxylic acids is 1. The largest absolute Gasteiger partial charge is 0.478 e. The van der Waals surface area contributed by atoms with E-state index >= 15 is 0 Å². The molecule has 1 aliphatic rings. The van der Waals surface area contributed by atoms with Crippen molar-refractivity contribution in [3.63, 3.8) is 0 Å². The summed E-state index contributed by atoms with van der Waals surface area (Å²) in [6, 6.07) is 11.5. The van der Waals surface area contributed by atoms with Gasteiger partial charge in [0.05, 0.1) is 5.56 Å². The van der Waals surface area contributed by atoms with Crippen molar-refractivity contribution >= 4 is 30.4 Å². The topological polar surface area (TPSA) is 46.5 Å². The molecule has 101 valence electrons. The molecule has 1 aliphatic heterocycles. The first-order valence-electron chi connectivity index (χ1n) is 6.34. The zero-order valence-corrected chi connectivity index (χ0v) is 13.6. The van der Waals surface area contributed by atoms with Gasteiger partial charge in [0.2, 0.25) is 0 Å². The van der Waals surface area contributed by atoms with E-state index in [0.29, 0.717) is 24.2 Å². The van der Waals surface area contributed by atoms with Crippen LogP contribution < -0.4 is 4.74 Å². The zero-order valence-electron chi connectivity index (χ0n) is 11.1. The first kappa shape index (κ1) is 14.9. The zero-order chi connectivity index (χ0) is 13.4. The minimum absolute atomic E-state index is 0. The van der Waals surface area contributed by atoms with Gasteiger partial charge in [0.1, 0.15) is 11.5 Å². The van der Waals surface area contributed by atoms with Crippen LogP contribution in [0, 0.1) is 0 Å². The second-order valence-electron chi connectivity index (χ2n) is 4.62. The van der Waals surface area contributed by atoms with Crippen LogP contribution >= 0.6 is 0 Å². The molecule has 20 heavy (non-hydrogen) atoms. The quantitative estimate of drug-likeness (QED) is 0.699. The third kappa shape index (κ3) is 2.43. The van der Waals surface area contributed by atoms with Gasteiger partial charge in [-0.2, -0.15) is 0 Å². The predicted molar refractivity (Wildman–Crippen MR) is 77.9 cm³/mol. The molecule has 3 nitrogen and oxygen atoms in total. The third-order valence-electron chi connectivity index (χ3n) is 3.51. The molecule has 0 aliphatic carbocycles. The SMILES string of the molecule is CCc1ccc2c(c1C(=O)O)Cc1ccccc1O2.[Sb]. The Morgan fingerprint density at radius 1 is 1.20 bits per heavy atom. The van der Waals surface area contributed by atoms with E-state index in [4.69, 9.17) is 4.74 Å². The smallest absolute Gasteiger partial charge is 0.336 e. The normalized spacial score (nSPS) is 11.7. The maximum atomic E-state index is 11.5. The van der Waals surface area contributed by atoms with E-state index in [-0.39, 0.29) is 24.4 Å². The van der Waals surface area contributed by atoms with Crippen LogP contribution in [0.25, 0.3) is 0 Å². The molecule has 1 heterocycles. The first-order valence-corrected chi connectivity index (χ1v) is 6.34. The van der Waals surface area contributed by atoms with Gasteiger partial charge in [-0.15, -0.1) is 0 Å². The summed E-state index contributed by atoms with van der Waals surface area (Å²) in [5.41, 5.74) is 3.07. The number of aryl methyl sites for hydroxylation is 1. The number of hydrogen-bond acceptors (Lipinski definition) is 2. The van der Waals surface area contributed by atoms with Crippen LogP contribution in [0.5, 0.6) is 11.5 Å². The molecule has 3 radical (unpaired) electrons. The molecule has 0 fully saturated rings. The maximum absolute atomic E-state index is 11.5. The molecule has 0 spiro atoms. The number of carboxylic acids is 1. The summed E-state index contributed by atoms with van der Waals surface area (Å²) in [6.07, 6.45) is 1.32. The number of ether oxygens (including phenoxy) is 1. The molecule has 0 amide bonds. The van der Waals surface area contributed by atoms with Crippen LogP contribution in [0.2, 0.25) is 0 Å². The fourth-order valence-electron chi connectivity index (χ4n) is 2.57. The Bertz CT molecular complexity index is 665. The summed E-state index contributed by atoms with van der Waals surface area (Å²) in [7, 11) is 0. The van der Waals surface area contributed by atoms with E-state index in [1.165, 1.54) is 0 Å². The molecule has 0 saturated carbocycles. The van der Waals surface area contributed by atoms with E-state index in [0.717, 1.165) is 22.4 Å². The van der Waals surface area contributed by atoms with Crippen molar-refractivity contribution in [3.05, 3.63) is 58.7 Å². The average molecular weight is 376 g/mol. The van der Waals surface area contributed by atoms with Gasteiger partial charge < -0.3 is 9.84 Å². The van der Waals surface area contributed by atoms with E-state index in [2.05, 4.69) is 0 Å². The minimum atomic E-state index is -0.878. The molecular formula is C16H14O3Sb. The monoisotopic (exact) mass is 375 g/mol. The van der Waals surface area contributed by atoms with Gasteiger partial charge in [-0.25, -0.2) is 4.79 Å². The number of hydrogen-bond donors (Lipinski definition) is 1. The Hall–Kier alpha value is -1.47. The molecule has 0 bridgehead atoms. The second-order valence-corrected chi connectivity index (χ2v) is 4.62. The Kier molecular flexibility index (Phi) is 4.39. The van der Waals surface area contributed by atoms with Gasteiger partial charge in [0.25, 0.3) is 0 Å². The standard InChI is InChI=1S/C16H14O3.Sb/c1-2-10-7-8-14-12(15(10)16(17)18)9-11-5-3-4-6-13(11)19-14;/h3-8H,2,9H2,1H3,(H,17,18);. The molecule has 0 aromatic heterocycles. The van der Waals surface area contributed by atoms with Crippen molar-refractivity contribution in [1.29, 1.82) is 0 Å². The first-order chi connectivity index (χ1) is 9.20. The Labute approximate surface area is 135 Å². The summed E-state index contributed by atoms with van der Waals surface area (Å²) >= 11 is 0. The number of carbonyl (C=O) groups is 1. The Morgan fingerprint density at radius 2 is 1.95 bits per heavy atom. The van der Waals surface area contributed by atoms with Crippen molar-refractivity contribution in [2.45, 2.75) is 19.8 Å². The van der Waals surface area contributed by atoms with E-state index in [9.17, 15) is 9.90 Å². The molecule has 1 N–H and O–H groups in total. The maximum Gasteiger partial charge on any atom is 0.336 e. The van der Waals surface area contributed by atoms with Gasteiger partial charge in [0.15, 0.2) is 0 Å². The van der Waals surface area contributed by atoms with E-state index in [1.807, 2.05) is 43.3 Å².